The molecule has 1 heterocycles. The summed E-state index contributed by atoms with van der Waals surface area (Å²) < 4.78 is 33.7. The molecule has 13 heteroatoms. The number of rotatable bonds is 14. The number of hydrogen-bond donors (Lipinski definition) is 4. The summed E-state index contributed by atoms with van der Waals surface area (Å²) in [6.07, 6.45) is 0.725. The zero-order valence-electron chi connectivity index (χ0n) is 20.0. The summed E-state index contributed by atoms with van der Waals surface area (Å²) in [5.74, 6) is -3.48. The molecule has 1 aliphatic rings. The van der Waals surface area contributed by atoms with Crippen LogP contribution in [0.1, 0.15) is 18.9 Å². The van der Waals surface area contributed by atoms with E-state index in [9.17, 15) is 28.0 Å². The first-order chi connectivity index (χ1) is 17.2. The van der Waals surface area contributed by atoms with Crippen LogP contribution in [0.5, 0.6) is 0 Å². The van der Waals surface area contributed by atoms with Gasteiger partial charge in [0.2, 0.25) is 17.7 Å². The molecule has 3 amide bonds. The number of morpholine rings is 1. The van der Waals surface area contributed by atoms with E-state index in [2.05, 4.69) is 20.7 Å². The number of alkyl halides is 2. The summed E-state index contributed by atoms with van der Waals surface area (Å²) in [5.41, 5.74) is 0.951. The van der Waals surface area contributed by atoms with Gasteiger partial charge in [0.15, 0.2) is 6.04 Å². The molecule has 1 aromatic rings. The number of amides is 3. The smallest absolute Gasteiger partial charge is 0.345 e. The molecule has 1 aromatic carbocycles. The fourth-order valence-corrected chi connectivity index (χ4v) is 3.45. The van der Waals surface area contributed by atoms with E-state index < -0.39 is 49.1 Å². The van der Waals surface area contributed by atoms with Crippen molar-refractivity contribution in [1.82, 2.24) is 20.9 Å². The lowest BCUT2D eigenvalue weighted by molar-refractivity contribution is -0.156. The number of aliphatic carboxylic acids is 1. The van der Waals surface area contributed by atoms with Gasteiger partial charge in [-0.25, -0.2) is 4.79 Å². The van der Waals surface area contributed by atoms with Gasteiger partial charge in [-0.1, -0.05) is 30.3 Å². The second kappa shape index (κ2) is 15.1. The third-order valence-corrected chi connectivity index (χ3v) is 5.44. The molecule has 11 nitrogen and oxygen atoms in total. The molecular formula is C23H32F2N4O7. The van der Waals surface area contributed by atoms with Crippen LogP contribution in [-0.2, 0) is 35.1 Å². The average Bonchev–Trinajstić information content (AvgIpc) is 2.84. The number of carbonyl (C=O) groups is 4. The number of benzene rings is 1. The molecule has 0 aliphatic carbocycles. The van der Waals surface area contributed by atoms with Gasteiger partial charge in [0.05, 0.1) is 26.4 Å². The van der Waals surface area contributed by atoms with Gasteiger partial charge in [-0.15, -0.1) is 0 Å². The molecule has 200 valence electrons. The highest BCUT2D eigenvalue weighted by Crippen LogP contribution is 2.07. The number of carboxylic acids is 1. The molecule has 36 heavy (non-hydrogen) atoms. The van der Waals surface area contributed by atoms with Crippen LogP contribution in [0.25, 0.3) is 0 Å². The second-order valence-corrected chi connectivity index (χ2v) is 8.26. The lowest BCUT2D eigenvalue weighted by Gasteiger charge is -2.27. The van der Waals surface area contributed by atoms with Crippen LogP contribution in [0.2, 0.25) is 0 Å². The number of ether oxygens (including phenoxy) is 2. The van der Waals surface area contributed by atoms with Gasteiger partial charge in [-0.2, -0.15) is 8.78 Å². The molecule has 4 N–H and O–H groups in total. The normalized spacial score (nSPS) is 16.6. The van der Waals surface area contributed by atoms with E-state index in [1.54, 1.807) is 0 Å². The van der Waals surface area contributed by atoms with Gasteiger partial charge in [0.1, 0.15) is 12.1 Å². The van der Waals surface area contributed by atoms with Crippen molar-refractivity contribution in [3.63, 3.8) is 0 Å². The van der Waals surface area contributed by atoms with Gasteiger partial charge in [0, 0.05) is 13.1 Å². The minimum Gasteiger partial charge on any atom is -0.480 e. The largest absolute Gasteiger partial charge is 0.480 e. The maximum absolute atomic E-state index is 13.0. The summed E-state index contributed by atoms with van der Waals surface area (Å²) in [5, 5.41) is 16.3. The summed E-state index contributed by atoms with van der Waals surface area (Å²) in [7, 11) is 0. The number of nitrogens with one attached hydrogen (secondary N) is 3. The van der Waals surface area contributed by atoms with E-state index >= 15 is 0 Å². The Balaban J connectivity index is 1.98. The van der Waals surface area contributed by atoms with Gasteiger partial charge in [0.25, 0.3) is 0 Å². The summed E-state index contributed by atoms with van der Waals surface area (Å²) >= 11 is 0. The lowest BCUT2D eigenvalue weighted by atomic mass is 10.0. The maximum atomic E-state index is 13.0. The van der Waals surface area contributed by atoms with Crippen molar-refractivity contribution in [1.29, 1.82) is 0 Å². The van der Waals surface area contributed by atoms with Crippen LogP contribution in [0, 0.1) is 0 Å². The number of halogens is 2. The van der Waals surface area contributed by atoms with Crippen molar-refractivity contribution in [2.24, 2.45) is 0 Å². The zero-order chi connectivity index (χ0) is 26.5. The molecule has 1 unspecified atom stereocenters. The summed E-state index contributed by atoms with van der Waals surface area (Å²) in [6, 6.07) is 5.42. The third kappa shape index (κ3) is 10.6. The number of aryl methyl sites for hydroxylation is 1. The highest BCUT2D eigenvalue weighted by atomic mass is 19.3. The molecule has 0 radical (unpaired) electrons. The lowest BCUT2D eigenvalue weighted by Crippen LogP contribution is -2.56. The Morgan fingerprint density at radius 3 is 2.31 bits per heavy atom. The van der Waals surface area contributed by atoms with Crippen LogP contribution in [0.3, 0.4) is 0 Å². The molecule has 2 rings (SSSR count). The Bertz CT molecular complexity index is 869. The van der Waals surface area contributed by atoms with Crippen LogP contribution >= 0.6 is 0 Å². The van der Waals surface area contributed by atoms with Crippen molar-refractivity contribution in [3.8, 4) is 0 Å². The van der Waals surface area contributed by atoms with Crippen molar-refractivity contribution in [2.75, 3.05) is 39.5 Å². The number of nitrogens with zero attached hydrogens (tertiary/aromatic N) is 1. The molecule has 0 saturated carbocycles. The van der Waals surface area contributed by atoms with Crippen molar-refractivity contribution < 1.29 is 42.5 Å². The summed E-state index contributed by atoms with van der Waals surface area (Å²) in [6.45, 7) is -0.557. The Morgan fingerprint density at radius 1 is 1.03 bits per heavy atom. The molecule has 1 aliphatic heterocycles. The Kier molecular flexibility index (Phi) is 12.2. The molecule has 1 fully saturated rings. The van der Waals surface area contributed by atoms with E-state index in [4.69, 9.17) is 9.84 Å². The third-order valence-electron chi connectivity index (χ3n) is 5.44. The van der Waals surface area contributed by atoms with Crippen molar-refractivity contribution >= 4 is 23.7 Å². The Morgan fingerprint density at radius 2 is 1.69 bits per heavy atom. The van der Waals surface area contributed by atoms with Crippen LogP contribution < -0.4 is 16.0 Å². The number of carbonyl (C=O) groups excluding carboxylic acids is 3. The Hall–Kier alpha value is -3.16. The standard InChI is InChI=1S/C23H32F2N4O7/c1-15(20(31)28-18(22(33)34)14-36-23(24)25)26-21(32)17(8-7-16-5-3-2-4-6-16)27-19(30)13-29-9-11-35-12-10-29/h2-6,15,17-18,23H,7-14H2,1H3,(H,26,32)(H,27,30)(H,28,31)(H,33,34)/t15?,17-,18-/m0/s1. The van der Waals surface area contributed by atoms with E-state index in [0.717, 1.165) is 5.56 Å². The van der Waals surface area contributed by atoms with Crippen LogP contribution in [0.4, 0.5) is 8.78 Å². The van der Waals surface area contributed by atoms with Gasteiger partial charge in [-0.05, 0) is 25.3 Å². The van der Waals surface area contributed by atoms with Crippen LogP contribution in [-0.4, -0.2) is 97.9 Å². The Labute approximate surface area is 207 Å². The average molecular weight is 515 g/mol. The predicted octanol–water partition coefficient (Wildman–Crippen LogP) is -0.250. The van der Waals surface area contributed by atoms with Gasteiger partial charge < -0.3 is 30.5 Å². The molecule has 0 spiro atoms. The monoisotopic (exact) mass is 514 g/mol. The first-order valence-electron chi connectivity index (χ1n) is 11.5. The molecule has 3 atom stereocenters. The topological polar surface area (TPSA) is 146 Å². The van der Waals surface area contributed by atoms with Gasteiger partial charge >= 0.3 is 12.6 Å². The maximum Gasteiger partial charge on any atom is 0.345 e. The molecule has 0 aromatic heterocycles. The molecule has 0 bridgehead atoms. The quantitative estimate of drug-likeness (QED) is 0.266. The zero-order valence-corrected chi connectivity index (χ0v) is 20.0. The van der Waals surface area contributed by atoms with Crippen LogP contribution in [0.15, 0.2) is 30.3 Å². The highest BCUT2D eigenvalue weighted by Gasteiger charge is 2.28. The SMILES string of the molecule is CC(NC(=O)[C@H](CCc1ccccc1)NC(=O)CN1CCOCC1)C(=O)N[C@@H](COC(F)F)C(=O)O. The fraction of sp³-hybridized carbons (Fsp3) is 0.565. The van der Waals surface area contributed by atoms with Crippen molar-refractivity contribution in [2.45, 2.75) is 44.5 Å². The van der Waals surface area contributed by atoms with E-state index in [-0.39, 0.29) is 18.9 Å². The minimum absolute atomic E-state index is 0.0823. The highest BCUT2D eigenvalue weighted by molar-refractivity contribution is 5.93. The minimum atomic E-state index is -3.20. The number of hydrogen-bond acceptors (Lipinski definition) is 7. The predicted molar refractivity (Wildman–Crippen MR) is 123 cm³/mol. The van der Waals surface area contributed by atoms with E-state index in [0.29, 0.717) is 32.7 Å². The van der Waals surface area contributed by atoms with E-state index in [1.807, 2.05) is 35.2 Å². The van der Waals surface area contributed by atoms with Gasteiger partial charge in [-0.3, -0.25) is 19.3 Å². The molecular weight excluding hydrogens is 482 g/mol. The first kappa shape index (κ1) is 29.1. The van der Waals surface area contributed by atoms with Crippen molar-refractivity contribution in [3.05, 3.63) is 35.9 Å². The summed E-state index contributed by atoms with van der Waals surface area (Å²) in [4.78, 5) is 51.1. The molecule has 1 saturated heterocycles. The fourth-order valence-electron chi connectivity index (χ4n) is 3.45. The first-order valence-corrected chi connectivity index (χ1v) is 11.5. The number of carboxylic acid groups (broad SMARTS) is 1. The van der Waals surface area contributed by atoms with E-state index in [1.165, 1.54) is 6.92 Å². The second-order valence-electron chi connectivity index (χ2n) is 8.26.